The quantitative estimate of drug-likeness (QED) is 0.873. The van der Waals surface area contributed by atoms with Crippen molar-refractivity contribution in [2.45, 2.75) is 26.5 Å². The van der Waals surface area contributed by atoms with Gasteiger partial charge in [-0.05, 0) is 43.8 Å². The molecule has 0 amide bonds. The maximum absolute atomic E-state index is 6.08. The van der Waals surface area contributed by atoms with Crippen molar-refractivity contribution in [3.63, 3.8) is 0 Å². The van der Waals surface area contributed by atoms with Gasteiger partial charge in [-0.25, -0.2) is 0 Å². The monoisotopic (exact) mass is 290 g/mol. The number of benzene rings is 1. The van der Waals surface area contributed by atoms with Crippen molar-refractivity contribution in [1.82, 2.24) is 10.3 Å². The number of nitrogens with zero attached hydrogens (tertiary/aromatic N) is 1. The van der Waals surface area contributed by atoms with Crippen LogP contribution in [-0.2, 0) is 6.61 Å². The highest BCUT2D eigenvalue weighted by atomic mass is 35.5. The third-order valence-electron chi connectivity index (χ3n) is 3.05. The number of ether oxygens (including phenoxy) is 1. The summed E-state index contributed by atoms with van der Waals surface area (Å²) in [6.45, 7) is 5.53. The Kier molecular flexibility index (Phi) is 5.39. The number of nitrogens with one attached hydrogen (secondary N) is 1. The lowest BCUT2D eigenvalue weighted by Crippen LogP contribution is -2.18. The van der Waals surface area contributed by atoms with Gasteiger partial charge in [-0.3, -0.25) is 4.98 Å². The minimum atomic E-state index is 0.192. The van der Waals surface area contributed by atoms with Gasteiger partial charge in [0, 0.05) is 22.8 Å². The van der Waals surface area contributed by atoms with Crippen LogP contribution >= 0.6 is 11.6 Å². The molecule has 0 saturated carbocycles. The van der Waals surface area contributed by atoms with Crippen LogP contribution < -0.4 is 10.1 Å². The van der Waals surface area contributed by atoms with Gasteiger partial charge in [-0.2, -0.15) is 0 Å². The van der Waals surface area contributed by atoms with E-state index in [4.69, 9.17) is 16.3 Å². The first kappa shape index (κ1) is 14.8. The molecule has 2 rings (SSSR count). The normalized spacial score (nSPS) is 12.2. The molecule has 0 aliphatic heterocycles. The molecule has 1 heterocycles. The van der Waals surface area contributed by atoms with Gasteiger partial charge in [0.05, 0.1) is 5.69 Å². The van der Waals surface area contributed by atoms with Crippen LogP contribution in [0.25, 0.3) is 0 Å². The lowest BCUT2D eigenvalue weighted by Gasteiger charge is -2.18. The van der Waals surface area contributed by atoms with Crippen LogP contribution in [0.5, 0.6) is 5.75 Å². The Morgan fingerprint density at radius 1 is 1.30 bits per heavy atom. The highest BCUT2D eigenvalue weighted by Crippen LogP contribution is 2.28. The average Bonchev–Trinajstić information content (AvgIpc) is 2.47. The van der Waals surface area contributed by atoms with Gasteiger partial charge in [0.25, 0.3) is 0 Å². The van der Waals surface area contributed by atoms with E-state index < -0.39 is 0 Å². The van der Waals surface area contributed by atoms with Crippen LogP contribution in [0.4, 0.5) is 0 Å². The Bertz CT molecular complexity index is 545. The molecule has 1 unspecified atom stereocenters. The number of halogens is 1. The van der Waals surface area contributed by atoms with Crippen LogP contribution in [0.15, 0.2) is 42.6 Å². The second kappa shape index (κ2) is 7.27. The molecule has 4 heteroatoms. The van der Waals surface area contributed by atoms with Crippen molar-refractivity contribution in [1.29, 1.82) is 0 Å². The summed E-state index contributed by atoms with van der Waals surface area (Å²) >= 11 is 6.08. The molecule has 0 aliphatic rings. The molecule has 3 nitrogen and oxygen atoms in total. The second-order valence-corrected chi connectivity index (χ2v) is 5.01. The molecular formula is C16H19ClN2O. The highest BCUT2D eigenvalue weighted by molar-refractivity contribution is 6.30. The molecule has 106 valence electrons. The van der Waals surface area contributed by atoms with Crippen molar-refractivity contribution in [2.75, 3.05) is 6.54 Å². The van der Waals surface area contributed by atoms with Crippen LogP contribution in [0.2, 0.25) is 5.02 Å². The van der Waals surface area contributed by atoms with Crippen molar-refractivity contribution in [3.8, 4) is 5.75 Å². The fourth-order valence-electron chi connectivity index (χ4n) is 2.04. The number of rotatable bonds is 6. The Hall–Kier alpha value is -1.58. The molecule has 1 aromatic heterocycles. The summed E-state index contributed by atoms with van der Waals surface area (Å²) in [6.07, 6.45) is 1.77. The van der Waals surface area contributed by atoms with Crippen molar-refractivity contribution in [3.05, 3.63) is 58.9 Å². The Balaban J connectivity index is 2.14. The third kappa shape index (κ3) is 3.95. The minimum absolute atomic E-state index is 0.192. The summed E-state index contributed by atoms with van der Waals surface area (Å²) < 4.78 is 5.88. The molecule has 0 radical (unpaired) electrons. The SMILES string of the molecule is CCNC(C)c1cc(Cl)ccc1OCc1ccccn1. The van der Waals surface area contributed by atoms with E-state index in [2.05, 4.69) is 24.1 Å². The molecule has 1 aromatic carbocycles. The zero-order valence-corrected chi connectivity index (χ0v) is 12.5. The zero-order valence-electron chi connectivity index (χ0n) is 11.8. The Morgan fingerprint density at radius 3 is 2.85 bits per heavy atom. The molecule has 0 spiro atoms. The Labute approximate surface area is 124 Å². The predicted octanol–water partition coefficient (Wildman–Crippen LogP) is 3.98. The summed E-state index contributed by atoms with van der Waals surface area (Å²) in [5, 5.41) is 4.09. The molecule has 0 saturated heterocycles. The first-order valence-electron chi connectivity index (χ1n) is 6.76. The van der Waals surface area contributed by atoms with E-state index >= 15 is 0 Å². The molecule has 0 bridgehead atoms. The van der Waals surface area contributed by atoms with Gasteiger partial charge in [-0.1, -0.05) is 24.6 Å². The number of aromatic nitrogens is 1. The second-order valence-electron chi connectivity index (χ2n) is 4.57. The van der Waals surface area contributed by atoms with Crippen molar-refractivity contribution < 1.29 is 4.74 Å². The Morgan fingerprint density at radius 2 is 2.15 bits per heavy atom. The average molecular weight is 291 g/mol. The van der Waals surface area contributed by atoms with E-state index in [-0.39, 0.29) is 6.04 Å². The van der Waals surface area contributed by atoms with E-state index in [9.17, 15) is 0 Å². The molecule has 1 N–H and O–H groups in total. The van der Waals surface area contributed by atoms with E-state index in [1.165, 1.54) is 0 Å². The van der Waals surface area contributed by atoms with Gasteiger partial charge in [0.2, 0.25) is 0 Å². The largest absolute Gasteiger partial charge is 0.487 e. The zero-order chi connectivity index (χ0) is 14.4. The smallest absolute Gasteiger partial charge is 0.130 e. The summed E-state index contributed by atoms with van der Waals surface area (Å²) in [5.41, 5.74) is 1.97. The fraction of sp³-hybridized carbons (Fsp3) is 0.312. The van der Waals surface area contributed by atoms with Gasteiger partial charge in [0.1, 0.15) is 12.4 Å². The summed E-state index contributed by atoms with van der Waals surface area (Å²) in [6, 6.07) is 11.7. The summed E-state index contributed by atoms with van der Waals surface area (Å²) in [5.74, 6) is 0.841. The first-order valence-corrected chi connectivity index (χ1v) is 7.14. The lowest BCUT2D eigenvalue weighted by molar-refractivity contribution is 0.295. The van der Waals surface area contributed by atoms with E-state index in [0.29, 0.717) is 6.61 Å². The van der Waals surface area contributed by atoms with E-state index in [0.717, 1.165) is 28.6 Å². The van der Waals surface area contributed by atoms with E-state index in [1.807, 2.05) is 36.4 Å². The molecular weight excluding hydrogens is 272 g/mol. The van der Waals surface area contributed by atoms with Crippen molar-refractivity contribution >= 4 is 11.6 Å². The molecule has 2 aromatic rings. The summed E-state index contributed by atoms with van der Waals surface area (Å²) in [7, 11) is 0. The number of hydrogen-bond donors (Lipinski definition) is 1. The maximum Gasteiger partial charge on any atom is 0.130 e. The predicted molar refractivity (Wildman–Crippen MR) is 82.1 cm³/mol. The lowest BCUT2D eigenvalue weighted by atomic mass is 10.1. The maximum atomic E-state index is 6.08. The molecule has 0 aliphatic carbocycles. The molecule has 0 fully saturated rings. The number of hydrogen-bond acceptors (Lipinski definition) is 3. The van der Waals surface area contributed by atoms with E-state index in [1.54, 1.807) is 6.20 Å². The number of pyridine rings is 1. The van der Waals surface area contributed by atoms with Crippen LogP contribution in [0.1, 0.15) is 31.1 Å². The highest BCUT2D eigenvalue weighted by Gasteiger charge is 2.12. The van der Waals surface area contributed by atoms with Crippen LogP contribution in [0.3, 0.4) is 0 Å². The van der Waals surface area contributed by atoms with Crippen LogP contribution in [-0.4, -0.2) is 11.5 Å². The molecule has 20 heavy (non-hydrogen) atoms. The first-order chi connectivity index (χ1) is 9.70. The van der Waals surface area contributed by atoms with Crippen LogP contribution in [0, 0.1) is 0 Å². The van der Waals surface area contributed by atoms with Gasteiger partial charge in [-0.15, -0.1) is 0 Å². The van der Waals surface area contributed by atoms with Gasteiger partial charge < -0.3 is 10.1 Å². The van der Waals surface area contributed by atoms with Gasteiger partial charge in [0.15, 0.2) is 0 Å². The molecule has 1 atom stereocenters. The topological polar surface area (TPSA) is 34.1 Å². The standard InChI is InChI=1S/C16H19ClN2O/c1-3-18-12(2)15-10-13(17)7-8-16(15)20-11-14-6-4-5-9-19-14/h4-10,12,18H,3,11H2,1-2H3. The fourth-order valence-corrected chi connectivity index (χ4v) is 2.22. The van der Waals surface area contributed by atoms with Crippen molar-refractivity contribution in [2.24, 2.45) is 0 Å². The minimum Gasteiger partial charge on any atom is -0.487 e. The third-order valence-corrected chi connectivity index (χ3v) is 3.29. The van der Waals surface area contributed by atoms with Gasteiger partial charge >= 0.3 is 0 Å². The summed E-state index contributed by atoms with van der Waals surface area (Å²) in [4.78, 5) is 4.26.